The number of imide groups is 2. The Kier molecular flexibility index (Phi) is 9.63. The lowest BCUT2D eigenvalue weighted by Gasteiger charge is -2.36. The van der Waals surface area contributed by atoms with Crippen LogP contribution in [0, 0.1) is 11.3 Å². The van der Waals surface area contributed by atoms with Crippen molar-refractivity contribution in [3.63, 3.8) is 0 Å². The molecule has 4 amide bonds. The van der Waals surface area contributed by atoms with Crippen molar-refractivity contribution < 1.29 is 37.1 Å². The normalized spacial score (nSPS) is 20.2. The second-order valence-corrected chi connectivity index (χ2v) is 13.5. The van der Waals surface area contributed by atoms with E-state index in [1.54, 1.807) is 18.2 Å². The number of amides is 4. The maximum Gasteiger partial charge on any atom is 0.417 e. The van der Waals surface area contributed by atoms with Crippen molar-refractivity contribution in [1.29, 1.82) is 5.26 Å². The van der Waals surface area contributed by atoms with E-state index in [4.69, 9.17) is 10.00 Å². The monoisotopic (exact) mass is 714 g/mol. The molecule has 0 saturated carbocycles. The fraction of sp³-hybridized carbons (Fsp3) is 0.395. The van der Waals surface area contributed by atoms with Crippen molar-refractivity contribution in [3.05, 3.63) is 88.5 Å². The standard InChI is InChI=1S/C38H37F3N6O5/c39-38(40,41)32-21-28(6-3-26(32)23-42)45-13-11-25(12-14-45)24-1-4-27(5-2-24)46-17-15-44(16-18-46)19-20-52-29-7-8-30-31(22-29)37(51)47(36(30)50)33-9-10-34(48)43-35(33)49/h1-8,21-22,25,33H,9-20H2,(H,43,48,49). The average Bonchev–Trinajstić information content (AvgIpc) is 3.39. The van der Waals surface area contributed by atoms with Crippen LogP contribution < -0.4 is 19.9 Å². The molecule has 0 aliphatic carbocycles. The van der Waals surface area contributed by atoms with Crippen LogP contribution in [0.2, 0.25) is 0 Å². The van der Waals surface area contributed by atoms with Crippen LogP contribution in [-0.2, 0) is 15.8 Å². The van der Waals surface area contributed by atoms with E-state index < -0.39 is 41.4 Å². The third kappa shape index (κ3) is 7.05. The molecule has 0 spiro atoms. The van der Waals surface area contributed by atoms with Crippen molar-refractivity contribution in [2.75, 3.05) is 62.2 Å². The Labute approximate surface area is 298 Å². The topological polar surface area (TPSA) is 126 Å². The largest absolute Gasteiger partial charge is 0.492 e. The predicted octanol–water partition coefficient (Wildman–Crippen LogP) is 4.56. The summed E-state index contributed by atoms with van der Waals surface area (Å²) in [7, 11) is 0. The first-order valence-electron chi connectivity index (χ1n) is 17.4. The predicted molar refractivity (Wildman–Crippen MR) is 184 cm³/mol. The van der Waals surface area contributed by atoms with Crippen molar-refractivity contribution in [3.8, 4) is 11.8 Å². The minimum Gasteiger partial charge on any atom is -0.492 e. The molecule has 3 fully saturated rings. The van der Waals surface area contributed by atoms with Gasteiger partial charge in [0.25, 0.3) is 11.8 Å². The lowest BCUT2D eigenvalue weighted by Crippen LogP contribution is -2.54. The highest BCUT2D eigenvalue weighted by Gasteiger charge is 2.44. The average molecular weight is 715 g/mol. The molecule has 1 N–H and O–H groups in total. The highest BCUT2D eigenvalue weighted by atomic mass is 19.4. The lowest BCUT2D eigenvalue weighted by molar-refractivity contribution is -0.138. The number of benzene rings is 3. The number of carbonyl (C=O) groups excluding carboxylic acids is 4. The van der Waals surface area contributed by atoms with Crippen LogP contribution in [0.4, 0.5) is 24.5 Å². The fourth-order valence-corrected chi connectivity index (χ4v) is 7.55. The Morgan fingerprint density at radius 3 is 2.13 bits per heavy atom. The van der Waals surface area contributed by atoms with Crippen LogP contribution in [0.15, 0.2) is 60.7 Å². The summed E-state index contributed by atoms with van der Waals surface area (Å²) >= 11 is 0. The van der Waals surface area contributed by atoms with Gasteiger partial charge in [-0.3, -0.25) is 34.3 Å². The highest BCUT2D eigenvalue weighted by Crippen LogP contribution is 2.37. The lowest BCUT2D eigenvalue weighted by atomic mass is 9.89. The van der Waals surface area contributed by atoms with Gasteiger partial charge in [0.15, 0.2) is 0 Å². The third-order valence-corrected chi connectivity index (χ3v) is 10.5. The minimum atomic E-state index is -4.58. The summed E-state index contributed by atoms with van der Waals surface area (Å²) in [6.07, 6.45) is -2.77. The molecule has 0 bridgehead atoms. The number of halogens is 3. The number of ether oxygens (including phenoxy) is 1. The van der Waals surface area contributed by atoms with Gasteiger partial charge in [-0.25, -0.2) is 0 Å². The Hall–Kier alpha value is -5.42. The summed E-state index contributed by atoms with van der Waals surface area (Å²) in [6.45, 7) is 5.70. The smallest absolute Gasteiger partial charge is 0.417 e. The van der Waals surface area contributed by atoms with E-state index >= 15 is 0 Å². The molecule has 4 heterocycles. The van der Waals surface area contributed by atoms with E-state index in [0.29, 0.717) is 43.6 Å². The zero-order valence-electron chi connectivity index (χ0n) is 28.3. The summed E-state index contributed by atoms with van der Waals surface area (Å²) in [5, 5.41) is 11.3. The van der Waals surface area contributed by atoms with Gasteiger partial charge in [-0.05, 0) is 79.3 Å². The molecule has 3 aromatic rings. The molecule has 0 radical (unpaired) electrons. The Bertz CT molecular complexity index is 1930. The number of nitriles is 1. The maximum absolute atomic E-state index is 13.5. The summed E-state index contributed by atoms with van der Waals surface area (Å²) < 4.78 is 46.4. The number of rotatable bonds is 8. The SMILES string of the molecule is N#Cc1ccc(N2CCC(c3ccc(N4CCN(CCOc5ccc6c(c5)C(=O)N(C5CCC(=O)NC5=O)C6=O)CC4)cc3)CC2)cc1C(F)(F)F. The number of hydrogen-bond acceptors (Lipinski definition) is 9. The molecule has 270 valence electrons. The number of nitrogens with one attached hydrogen (secondary N) is 1. The molecule has 1 unspecified atom stereocenters. The molecular formula is C38H37F3N6O5. The van der Waals surface area contributed by atoms with Crippen molar-refractivity contribution >= 4 is 35.0 Å². The van der Waals surface area contributed by atoms with Crippen LogP contribution in [0.5, 0.6) is 5.75 Å². The highest BCUT2D eigenvalue weighted by molar-refractivity contribution is 6.23. The Balaban J connectivity index is 0.860. The van der Waals surface area contributed by atoms with E-state index in [1.165, 1.54) is 23.8 Å². The number of anilines is 2. The van der Waals surface area contributed by atoms with E-state index in [0.717, 1.165) is 55.7 Å². The summed E-state index contributed by atoms with van der Waals surface area (Å²) in [5.74, 6) is -1.42. The molecule has 4 aliphatic rings. The van der Waals surface area contributed by atoms with E-state index in [1.807, 2.05) is 4.90 Å². The molecule has 1 atom stereocenters. The number of carbonyl (C=O) groups is 4. The zero-order chi connectivity index (χ0) is 36.6. The van der Waals surface area contributed by atoms with Gasteiger partial charge in [-0.15, -0.1) is 0 Å². The van der Waals surface area contributed by atoms with Gasteiger partial charge in [0.2, 0.25) is 11.8 Å². The van der Waals surface area contributed by atoms with E-state index in [-0.39, 0.29) is 29.5 Å². The van der Waals surface area contributed by atoms with Gasteiger partial charge >= 0.3 is 6.18 Å². The van der Waals surface area contributed by atoms with Crippen LogP contribution >= 0.6 is 0 Å². The quantitative estimate of drug-likeness (QED) is 0.335. The second kappa shape index (κ2) is 14.3. The van der Waals surface area contributed by atoms with Crippen LogP contribution in [0.25, 0.3) is 0 Å². The molecule has 0 aromatic heterocycles. The first kappa shape index (κ1) is 35.0. The van der Waals surface area contributed by atoms with E-state index in [9.17, 15) is 32.3 Å². The molecule has 14 heteroatoms. The number of alkyl halides is 3. The number of nitrogens with zero attached hydrogens (tertiary/aromatic N) is 5. The summed E-state index contributed by atoms with van der Waals surface area (Å²) in [6, 6.07) is 17.9. The Morgan fingerprint density at radius 1 is 0.788 bits per heavy atom. The molecule has 3 aromatic carbocycles. The molecule has 52 heavy (non-hydrogen) atoms. The summed E-state index contributed by atoms with van der Waals surface area (Å²) in [4.78, 5) is 57.4. The van der Waals surface area contributed by atoms with Crippen LogP contribution in [-0.4, -0.2) is 91.9 Å². The van der Waals surface area contributed by atoms with Gasteiger partial charge in [0, 0.05) is 63.6 Å². The van der Waals surface area contributed by atoms with Gasteiger partial charge in [-0.1, -0.05) is 12.1 Å². The molecular weight excluding hydrogens is 677 g/mol. The van der Waals surface area contributed by atoms with Crippen molar-refractivity contribution in [2.24, 2.45) is 0 Å². The molecule has 7 rings (SSSR count). The van der Waals surface area contributed by atoms with Crippen LogP contribution in [0.3, 0.4) is 0 Å². The van der Waals surface area contributed by atoms with Gasteiger partial charge < -0.3 is 14.5 Å². The zero-order valence-corrected chi connectivity index (χ0v) is 28.3. The molecule has 11 nitrogen and oxygen atoms in total. The van der Waals surface area contributed by atoms with Crippen molar-refractivity contribution in [1.82, 2.24) is 15.1 Å². The van der Waals surface area contributed by atoms with E-state index in [2.05, 4.69) is 39.4 Å². The Morgan fingerprint density at radius 2 is 1.46 bits per heavy atom. The minimum absolute atomic E-state index is 0.0612. The van der Waals surface area contributed by atoms with Crippen LogP contribution in [0.1, 0.15) is 69.0 Å². The fourth-order valence-electron chi connectivity index (χ4n) is 7.55. The third-order valence-electron chi connectivity index (χ3n) is 10.5. The maximum atomic E-state index is 13.5. The molecule has 4 aliphatic heterocycles. The first-order chi connectivity index (χ1) is 25.0. The number of piperazine rings is 1. The second-order valence-electron chi connectivity index (χ2n) is 13.5. The number of piperidine rings is 2. The van der Waals surface area contributed by atoms with Gasteiger partial charge in [-0.2, -0.15) is 18.4 Å². The van der Waals surface area contributed by atoms with Gasteiger partial charge in [0.05, 0.1) is 28.3 Å². The van der Waals surface area contributed by atoms with Gasteiger partial charge in [0.1, 0.15) is 18.4 Å². The van der Waals surface area contributed by atoms with Crippen molar-refractivity contribution in [2.45, 2.75) is 43.8 Å². The summed E-state index contributed by atoms with van der Waals surface area (Å²) in [5.41, 5.74) is 1.98. The first-order valence-corrected chi connectivity index (χ1v) is 17.4. The molecule has 3 saturated heterocycles. The number of hydrogen-bond donors (Lipinski definition) is 1. The number of fused-ring (bicyclic) bond motifs is 1.